The number of quaternary nitrogens is 1. The van der Waals surface area contributed by atoms with Gasteiger partial charge in [-0.1, -0.05) is 72.8 Å². The summed E-state index contributed by atoms with van der Waals surface area (Å²) in [5.74, 6) is 0.0587. The lowest BCUT2D eigenvalue weighted by Gasteiger charge is -2.16. The average Bonchev–Trinajstić information content (AvgIpc) is 2.66. The van der Waals surface area contributed by atoms with E-state index in [2.05, 4.69) is 60.0 Å². The highest BCUT2D eigenvalue weighted by atomic mass is 16.1. The predicted octanol–water partition coefficient (Wildman–Crippen LogP) is 3.34. The molecule has 3 nitrogen and oxygen atoms in total. The molecule has 0 saturated heterocycles. The van der Waals surface area contributed by atoms with Crippen LogP contribution in [-0.4, -0.2) is 12.5 Å². The normalized spacial score (nSPS) is 13.4. The van der Waals surface area contributed by atoms with Crippen LogP contribution in [0, 0.1) is 0 Å². The van der Waals surface area contributed by atoms with Crippen molar-refractivity contribution in [3.8, 4) is 0 Å². The first-order valence-corrected chi connectivity index (χ1v) is 8.80. The summed E-state index contributed by atoms with van der Waals surface area (Å²) in [6.07, 6.45) is 0. The molecule has 0 aliphatic heterocycles. The molecule has 25 heavy (non-hydrogen) atoms. The Kier molecular flexibility index (Phi) is 5.46. The number of rotatable bonds is 6. The van der Waals surface area contributed by atoms with Gasteiger partial charge in [0.15, 0.2) is 6.54 Å². The minimum Gasteiger partial charge on any atom is -0.345 e. The highest BCUT2D eigenvalue weighted by Crippen LogP contribution is 2.22. The molecular formula is C22H25N2O+. The number of fused-ring (bicyclic) bond motifs is 1. The van der Waals surface area contributed by atoms with Gasteiger partial charge >= 0.3 is 0 Å². The van der Waals surface area contributed by atoms with Gasteiger partial charge in [-0.3, -0.25) is 4.79 Å². The summed E-state index contributed by atoms with van der Waals surface area (Å²) in [6, 6.07) is 25.0. The number of benzene rings is 3. The van der Waals surface area contributed by atoms with E-state index < -0.39 is 0 Å². The molecule has 3 aromatic rings. The van der Waals surface area contributed by atoms with Crippen LogP contribution >= 0.6 is 0 Å². The Morgan fingerprint density at radius 2 is 1.60 bits per heavy atom. The number of nitrogens with one attached hydrogen (secondary N) is 1. The summed E-state index contributed by atoms with van der Waals surface area (Å²) in [7, 11) is 0. The van der Waals surface area contributed by atoms with Gasteiger partial charge in [0.2, 0.25) is 0 Å². The van der Waals surface area contributed by atoms with Crippen molar-refractivity contribution in [2.75, 3.05) is 6.54 Å². The van der Waals surface area contributed by atoms with Gasteiger partial charge in [0.05, 0.1) is 6.04 Å². The predicted molar refractivity (Wildman–Crippen MR) is 102 cm³/mol. The SMILES string of the molecule is C[C@@H](NC(=O)C[NH2+][C@H](C)c1cccc2ccccc12)c1ccccc1. The second-order valence-corrected chi connectivity index (χ2v) is 6.50. The zero-order valence-electron chi connectivity index (χ0n) is 14.8. The second kappa shape index (κ2) is 7.95. The average molecular weight is 333 g/mol. The molecule has 3 N–H and O–H groups in total. The van der Waals surface area contributed by atoms with Gasteiger partial charge in [-0.25, -0.2) is 0 Å². The third-order valence-corrected chi connectivity index (χ3v) is 4.65. The highest BCUT2D eigenvalue weighted by molar-refractivity contribution is 5.86. The van der Waals surface area contributed by atoms with Crippen LogP contribution in [0.15, 0.2) is 72.8 Å². The molecule has 3 heteroatoms. The molecule has 0 radical (unpaired) electrons. The maximum atomic E-state index is 12.3. The molecular weight excluding hydrogens is 308 g/mol. The zero-order chi connectivity index (χ0) is 17.6. The smallest absolute Gasteiger partial charge is 0.275 e. The van der Waals surface area contributed by atoms with Crippen molar-refractivity contribution in [1.82, 2.24) is 5.32 Å². The van der Waals surface area contributed by atoms with E-state index in [4.69, 9.17) is 0 Å². The second-order valence-electron chi connectivity index (χ2n) is 6.50. The molecule has 0 unspecified atom stereocenters. The minimum absolute atomic E-state index is 0.0231. The Balaban J connectivity index is 1.60. The van der Waals surface area contributed by atoms with Crippen LogP contribution in [0.5, 0.6) is 0 Å². The Morgan fingerprint density at radius 1 is 0.920 bits per heavy atom. The zero-order valence-corrected chi connectivity index (χ0v) is 14.8. The Hall–Kier alpha value is -2.65. The largest absolute Gasteiger partial charge is 0.345 e. The van der Waals surface area contributed by atoms with Crippen molar-refractivity contribution in [1.29, 1.82) is 0 Å². The lowest BCUT2D eigenvalue weighted by atomic mass is 10.00. The standard InChI is InChI=1S/C22H24N2O/c1-16(18-9-4-3-5-10-18)24-22(25)15-23-17(2)20-14-8-12-19-11-6-7-13-21(19)20/h3-14,16-17,23H,15H2,1-2H3,(H,24,25)/p+1/t16-,17-/m1/s1. The molecule has 2 atom stereocenters. The lowest BCUT2D eigenvalue weighted by Crippen LogP contribution is -2.87. The Bertz CT molecular complexity index is 840. The fourth-order valence-electron chi connectivity index (χ4n) is 3.18. The van der Waals surface area contributed by atoms with E-state index in [0.29, 0.717) is 6.54 Å². The van der Waals surface area contributed by atoms with Gasteiger partial charge in [-0.2, -0.15) is 0 Å². The van der Waals surface area contributed by atoms with Gasteiger partial charge in [-0.15, -0.1) is 0 Å². The Morgan fingerprint density at radius 3 is 2.40 bits per heavy atom. The molecule has 0 saturated carbocycles. The molecule has 3 aromatic carbocycles. The van der Waals surface area contributed by atoms with Crippen LogP contribution in [-0.2, 0) is 4.79 Å². The molecule has 0 bridgehead atoms. The van der Waals surface area contributed by atoms with Crippen LogP contribution in [0.4, 0.5) is 0 Å². The summed E-state index contributed by atoms with van der Waals surface area (Å²) in [5, 5.41) is 7.66. The minimum atomic E-state index is 0.0231. The monoisotopic (exact) mass is 333 g/mol. The van der Waals surface area contributed by atoms with Gasteiger partial charge in [0.25, 0.3) is 5.91 Å². The summed E-state index contributed by atoms with van der Waals surface area (Å²) >= 11 is 0. The van der Waals surface area contributed by atoms with E-state index in [1.54, 1.807) is 0 Å². The van der Waals surface area contributed by atoms with Crippen LogP contribution in [0.25, 0.3) is 10.8 Å². The van der Waals surface area contributed by atoms with Crippen molar-refractivity contribution >= 4 is 16.7 Å². The molecule has 0 spiro atoms. The molecule has 128 valence electrons. The van der Waals surface area contributed by atoms with Crippen LogP contribution in [0.3, 0.4) is 0 Å². The van der Waals surface area contributed by atoms with Crippen LogP contribution < -0.4 is 10.6 Å². The van der Waals surface area contributed by atoms with E-state index in [9.17, 15) is 4.79 Å². The van der Waals surface area contributed by atoms with E-state index in [1.165, 1.54) is 16.3 Å². The summed E-state index contributed by atoms with van der Waals surface area (Å²) in [5.41, 5.74) is 2.39. The van der Waals surface area contributed by atoms with Crippen molar-refractivity contribution in [3.05, 3.63) is 83.9 Å². The highest BCUT2D eigenvalue weighted by Gasteiger charge is 2.15. The Labute approximate surface area is 149 Å². The van der Waals surface area contributed by atoms with Gasteiger partial charge in [-0.05, 0) is 30.2 Å². The number of nitrogens with two attached hydrogens (primary N) is 1. The van der Waals surface area contributed by atoms with Crippen molar-refractivity contribution in [3.63, 3.8) is 0 Å². The number of carbonyl (C=O) groups is 1. The summed E-state index contributed by atoms with van der Waals surface area (Å²) in [4.78, 5) is 12.3. The summed E-state index contributed by atoms with van der Waals surface area (Å²) in [6.45, 7) is 4.58. The maximum absolute atomic E-state index is 12.3. The summed E-state index contributed by atoms with van der Waals surface area (Å²) < 4.78 is 0. The quantitative estimate of drug-likeness (QED) is 0.714. The third kappa shape index (κ3) is 4.25. The first-order chi connectivity index (χ1) is 12.1. The molecule has 1 amide bonds. The molecule has 0 aromatic heterocycles. The van der Waals surface area contributed by atoms with Crippen molar-refractivity contribution in [2.45, 2.75) is 25.9 Å². The lowest BCUT2D eigenvalue weighted by molar-refractivity contribution is -0.682. The fraction of sp³-hybridized carbons (Fsp3) is 0.227. The maximum Gasteiger partial charge on any atom is 0.275 e. The number of amides is 1. The van der Waals surface area contributed by atoms with E-state index in [0.717, 1.165) is 5.56 Å². The molecule has 3 rings (SSSR count). The van der Waals surface area contributed by atoms with E-state index >= 15 is 0 Å². The van der Waals surface area contributed by atoms with Gasteiger partial charge < -0.3 is 10.6 Å². The van der Waals surface area contributed by atoms with E-state index in [-0.39, 0.29) is 18.0 Å². The molecule has 0 aliphatic rings. The van der Waals surface area contributed by atoms with Crippen molar-refractivity contribution in [2.24, 2.45) is 0 Å². The topological polar surface area (TPSA) is 45.7 Å². The fourth-order valence-corrected chi connectivity index (χ4v) is 3.18. The van der Waals surface area contributed by atoms with Gasteiger partial charge in [0.1, 0.15) is 6.04 Å². The first-order valence-electron chi connectivity index (χ1n) is 8.80. The first kappa shape index (κ1) is 17.2. The van der Waals surface area contributed by atoms with Crippen LogP contribution in [0.2, 0.25) is 0 Å². The molecule has 0 fully saturated rings. The van der Waals surface area contributed by atoms with Crippen LogP contribution in [0.1, 0.15) is 37.1 Å². The van der Waals surface area contributed by atoms with Gasteiger partial charge in [0, 0.05) is 5.56 Å². The number of hydrogen-bond acceptors (Lipinski definition) is 1. The number of hydrogen-bond donors (Lipinski definition) is 2. The number of carbonyl (C=O) groups excluding carboxylic acids is 1. The third-order valence-electron chi connectivity index (χ3n) is 4.65. The molecule has 0 aliphatic carbocycles. The van der Waals surface area contributed by atoms with E-state index in [1.807, 2.05) is 37.3 Å². The molecule has 0 heterocycles. The van der Waals surface area contributed by atoms with Crippen molar-refractivity contribution < 1.29 is 10.1 Å².